The van der Waals surface area contributed by atoms with Crippen LogP contribution < -0.4 is 5.50 Å². The molecule has 6 heteroatoms. The Hall–Kier alpha value is 0.540. The van der Waals surface area contributed by atoms with Crippen molar-refractivity contribution in [2.75, 3.05) is 48.2 Å². The van der Waals surface area contributed by atoms with Gasteiger partial charge in [0.15, 0.2) is 0 Å². The fraction of sp³-hybridized carbons (Fsp3) is 1.00. The second kappa shape index (κ2) is 4.37. The molecule has 0 aromatic carbocycles. The summed E-state index contributed by atoms with van der Waals surface area (Å²) in [5, 5.41) is 0. The number of hydrogen-bond acceptors (Lipinski definition) is 3. The standard InChI is InChI=1S/C7H24N4P2/c1-10(2)12(5,6)9-13(7,8)11(3)4/h13H,8H2,1-7H3. The van der Waals surface area contributed by atoms with E-state index in [0.29, 0.717) is 0 Å². The number of rotatable bonds is 3. The molecule has 0 spiro atoms. The van der Waals surface area contributed by atoms with Gasteiger partial charge in [0.05, 0.1) is 0 Å². The third-order valence-corrected chi connectivity index (χ3v) is 9.68. The van der Waals surface area contributed by atoms with Crippen LogP contribution in [0.5, 0.6) is 0 Å². The van der Waals surface area contributed by atoms with E-state index in [1.165, 1.54) is 0 Å². The van der Waals surface area contributed by atoms with Crippen LogP contribution in [0.3, 0.4) is 0 Å². The molecular formula is C7H24N4P2. The predicted octanol–water partition coefficient (Wildman–Crippen LogP) is 1.57. The van der Waals surface area contributed by atoms with Crippen LogP contribution in [0.4, 0.5) is 0 Å². The summed E-state index contributed by atoms with van der Waals surface area (Å²) < 4.78 is 9.08. The molecule has 0 saturated carbocycles. The fourth-order valence-corrected chi connectivity index (χ4v) is 6.07. The van der Waals surface area contributed by atoms with E-state index in [1.807, 2.05) is 14.1 Å². The molecule has 0 heterocycles. The number of hydrogen-bond donors (Lipinski definition) is 1. The molecule has 0 aromatic rings. The van der Waals surface area contributed by atoms with Crippen LogP contribution in [-0.2, 0) is 0 Å². The second-order valence-corrected chi connectivity index (χ2v) is 11.6. The van der Waals surface area contributed by atoms with E-state index in [-0.39, 0.29) is 0 Å². The summed E-state index contributed by atoms with van der Waals surface area (Å²) in [5.74, 6) is 0. The first-order valence-electron chi connectivity index (χ1n) is 4.32. The van der Waals surface area contributed by atoms with Crippen LogP contribution in [0.1, 0.15) is 0 Å². The van der Waals surface area contributed by atoms with Gasteiger partial charge in [-0.25, -0.2) is 0 Å². The van der Waals surface area contributed by atoms with E-state index < -0.39 is 14.9 Å². The van der Waals surface area contributed by atoms with E-state index in [1.54, 1.807) is 0 Å². The first-order valence-corrected chi connectivity index (χ1v) is 9.38. The van der Waals surface area contributed by atoms with Gasteiger partial charge in [-0.1, -0.05) is 0 Å². The molecule has 0 fully saturated rings. The number of nitrogens with zero attached hydrogens (tertiary/aromatic N) is 3. The van der Waals surface area contributed by atoms with Crippen molar-refractivity contribution in [1.29, 1.82) is 0 Å². The van der Waals surface area contributed by atoms with Gasteiger partial charge in [0, 0.05) is 0 Å². The van der Waals surface area contributed by atoms with Crippen molar-refractivity contribution in [2.45, 2.75) is 0 Å². The van der Waals surface area contributed by atoms with Crippen molar-refractivity contribution in [3.63, 3.8) is 0 Å². The van der Waals surface area contributed by atoms with Gasteiger partial charge in [-0.2, -0.15) is 0 Å². The maximum absolute atomic E-state index is 6.18. The molecule has 0 aliphatic carbocycles. The summed E-state index contributed by atoms with van der Waals surface area (Å²) >= 11 is 0. The number of nitrogens with two attached hydrogens (primary N) is 1. The average Bonchev–Trinajstić information content (AvgIpc) is 1.83. The summed E-state index contributed by atoms with van der Waals surface area (Å²) in [4.78, 5) is 0. The Balaban J connectivity index is 4.93. The molecule has 0 atom stereocenters. The molecular weight excluding hydrogens is 202 g/mol. The SMILES string of the molecule is CN(C)P(C)(C)=N[PH](C)(N)N(C)C. The van der Waals surface area contributed by atoms with Crippen LogP contribution >= 0.6 is 14.9 Å². The van der Waals surface area contributed by atoms with E-state index >= 15 is 0 Å². The van der Waals surface area contributed by atoms with Crippen LogP contribution in [-0.4, -0.2) is 57.5 Å². The molecule has 0 saturated heterocycles. The summed E-state index contributed by atoms with van der Waals surface area (Å²) in [6.45, 7) is 6.45. The molecule has 0 amide bonds. The zero-order chi connectivity index (χ0) is 10.9. The van der Waals surface area contributed by atoms with E-state index in [0.717, 1.165) is 0 Å². The Labute approximate surface area is 83.1 Å². The topological polar surface area (TPSA) is 44.9 Å². The van der Waals surface area contributed by atoms with Crippen molar-refractivity contribution in [1.82, 2.24) is 9.34 Å². The van der Waals surface area contributed by atoms with Gasteiger partial charge >= 0.3 is 82.5 Å². The summed E-state index contributed by atoms with van der Waals surface area (Å²) in [7, 11) is 4.80. The van der Waals surface area contributed by atoms with Crippen molar-refractivity contribution < 1.29 is 0 Å². The van der Waals surface area contributed by atoms with Gasteiger partial charge in [0.2, 0.25) is 0 Å². The second-order valence-electron chi connectivity index (χ2n) is 4.27. The molecule has 4 nitrogen and oxygen atoms in total. The first kappa shape index (κ1) is 13.5. The van der Waals surface area contributed by atoms with Crippen molar-refractivity contribution >= 4 is 14.9 Å². The van der Waals surface area contributed by atoms with Crippen molar-refractivity contribution in [3.8, 4) is 0 Å². The molecule has 2 N–H and O–H groups in total. The molecule has 13 heavy (non-hydrogen) atoms. The van der Waals surface area contributed by atoms with E-state index in [4.69, 9.17) is 10.0 Å². The zero-order valence-corrected chi connectivity index (χ0v) is 11.8. The van der Waals surface area contributed by atoms with Gasteiger partial charge in [-0.05, 0) is 0 Å². The van der Waals surface area contributed by atoms with Crippen LogP contribution in [0.15, 0.2) is 4.52 Å². The molecule has 0 radical (unpaired) electrons. The van der Waals surface area contributed by atoms with Gasteiger partial charge in [0.25, 0.3) is 0 Å². The molecule has 0 aliphatic heterocycles. The van der Waals surface area contributed by atoms with E-state index in [2.05, 4.69) is 43.4 Å². The van der Waals surface area contributed by atoms with Crippen LogP contribution in [0.2, 0.25) is 0 Å². The molecule has 82 valence electrons. The molecule has 0 aromatic heterocycles. The minimum atomic E-state index is -2.01. The van der Waals surface area contributed by atoms with Crippen LogP contribution in [0, 0.1) is 0 Å². The minimum absolute atomic E-state index is 1.34. The Morgan fingerprint density at radius 3 is 1.77 bits per heavy atom. The Bertz CT molecular complexity index is 217. The van der Waals surface area contributed by atoms with Gasteiger partial charge in [-0.3, -0.25) is 0 Å². The molecule has 0 unspecified atom stereocenters. The van der Waals surface area contributed by atoms with E-state index in [9.17, 15) is 0 Å². The van der Waals surface area contributed by atoms with Gasteiger partial charge in [-0.15, -0.1) is 0 Å². The average molecular weight is 226 g/mol. The third-order valence-electron chi connectivity index (χ3n) is 2.33. The summed E-state index contributed by atoms with van der Waals surface area (Å²) in [6, 6.07) is 0. The monoisotopic (exact) mass is 226 g/mol. The van der Waals surface area contributed by atoms with Crippen LogP contribution in [0.25, 0.3) is 0 Å². The maximum atomic E-state index is 6.18. The Morgan fingerprint density at radius 1 is 1.15 bits per heavy atom. The van der Waals surface area contributed by atoms with Gasteiger partial charge in [0.1, 0.15) is 0 Å². The Kier molecular flexibility index (Phi) is 4.56. The summed E-state index contributed by atoms with van der Waals surface area (Å²) in [6.07, 6.45) is 0. The van der Waals surface area contributed by atoms with Crippen molar-refractivity contribution in [3.05, 3.63) is 0 Å². The quantitative estimate of drug-likeness (QED) is 0.743. The third kappa shape index (κ3) is 4.05. The first-order chi connectivity index (χ1) is 5.59. The Morgan fingerprint density at radius 2 is 1.54 bits per heavy atom. The molecule has 0 aliphatic rings. The normalized spacial score (nSPS) is 15.2. The molecule has 0 rings (SSSR count). The van der Waals surface area contributed by atoms with Crippen molar-refractivity contribution in [2.24, 2.45) is 10.0 Å². The predicted molar refractivity (Wildman–Crippen MR) is 67.0 cm³/mol. The zero-order valence-electron chi connectivity index (χ0n) is 9.87. The van der Waals surface area contributed by atoms with Gasteiger partial charge < -0.3 is 0 Å². The molecule has 0 bridgehead atoms. The fourth-order valence-electron chi connectivity index (χ4n) is 0.674. The summed E-state index contributed by atoms with van der Waals surface area (Å²) in [5.41, 5.74) is 6.18.